The number of rotatable bonds is 5. The molecule has 3 aliphatic rings. The number of carbonyl (C=O) groups is 2. The molecule has 5 nitrogen and oxygen atoms in total. The summed E-state index contributed by atoms with van der Waals surface area (Å²) < 4.78 is 28.8. The van der Waals surface area contributed by atoms with Gasteiger partial charge >= 0.3 is 0 Å². The molecule has 3 atom stereocenters. The number of amides is 2. The van der Waals surface area contributed by atoms with E-state index in [-0.39, 0.29) is 40.6 Å². The summed E-state index contributed by atoms with van der Waals surface area (Å²) in [4.78, 5) is 31.8. The minimum atomic E-state index is -0.623. The molecule has 2 heterocycles. The van der Waals surface area contributed by atoms with E-state index < -0.39 is 23.0 Å². The molecular weight excluding hydrogens is 580 g/mol. The second-order valence-electron chi connectivity index (χ2n) is 15.4. The fraction of sp³-hybridized carbons (Fsp3) is 0.611. The molecule has 0 radical (unpaired) electrons. The maximum Gasteiger partial charge on any atom is 0.227 e. The van der Waals surface area contributed by atoms with Gasteiger partial charge in [-0.3, -0.25) is 14.5 Å². The summed E-state index contributed by atoms with van der Waals surface area (Å²) in [6, 6.07) is 8.03. The van der Waals surface area contributed by atoms with Crippen LogP contribution in [-0.2, 0) is 15.0 Å². The first kappa shape index (κ1) is 32.9. The maximum atomic E-state index is 15.0. The summed E-state index contributed by atoms with van der Waals surface area (Å²) in [5, 5.41) is 3.86. The second kappa shape index (κ2) is 11.7. The molecule has 2 aromatic carbocycles. The minimum absolute atomic E-state index is 0.0236. The molecule has 0 saturated carbocycles. The van der Waals surface area contributed by atoms with Crippen molar-refractivity contribution in [3.05, 3.63) is 69.2 Å². The Morgan fingerprint density at radius 1 is 1.00 bits per heavy atom. The summed E-state index contributed by atoms with van der Waals surface area (Å²) >= 11 is 6.70. The number of likely N-dealkylation sites (tertiary alicyclic amines) is 2. The molecule has 2 aliphatic heterocycles. The van der Waals surface area contributed by atoms with Crippen LogP contribution in [-0.4, -0.2) is 59.4 Å². The number of nitrogens with zero attached hydrogens (tertiary/aromatic N) is 2. The smallest absolute Gasteiger partial charge is 0.227 e. The highest BCUT2D eigenvalue weighted by atomic mass is 35.5. The highest BCUT2D eigenvalue weighted by molar-refractivity contribution is 6.31. The first-order valence-electron chi connectivity index (χ1n) is 16.0. The van der Waals surface area contributed by atoms with E-state index in [0.717, 1.165) is 35.9 Å². The Labute approximate surface area is 266 Å². The van der Waals surface area contributed by atoms with Crippen molar-refractivity contribution < 1.29 is 18.4 Å². The zero-order chi connectivity index (χ0) is 32.4. The Bertz CT molecular complexity index is 1440. The van der Waals surface area contributed by atoms with E-state index in [1.807, 2.05) is 39.5 Å². The van der Waals surface area contributed by atoms with Crippen LogP contribution in [0, 0.1) is 29.9 Å². The zero-order valence-corrected chi connectivity index (χ0v) is 28.2. The van der Waals surface area contributed by atoms with Crippen LogP contribution in [0.5, 0.6) is 0 Å². The molecule has 240 valence electrons. The Balaban J connectivity index is 1.41. The molecule has 2 fully saturated rings. The van der Waals surface area contributed by atoms with Gasteiger partial charge in [-0.15, -0.1) is 0 Å². The van der Waals surface area contributed by atoms with Crippen molar-refractivity contribution >= 4 is 23.4 Å². The number of nitrogens with one attached hydrogen (secondary N) is 1. The average molecular weight is 628 g/mol. The average Bonchev–Trinajstić information content (AvgIpc) is 3.50. The Morgan fingerprint density at radius 2 is 1.66 bits per heavy atom. The lowest BCUT2D eigenvalue weighted by Crippen LogP contribution is -2.48. The molecule has 0 unspecified atom stereocenters. The van der Waals surface area contributed by atoms with Gasteiger partial charge in [-0.25, -0.2) is 8.78 Å². The number of benzene rings is 2. The second-order valence-corrected chi connectivity index (χ2v) is 15.8. The van der Waals surface area contributed by atoms with Crippen molar-refractivity contribution in [2.75, 3.05) is 26.2 Å². The lowest BCUT2D eigenvalue weighted by Gasteiger charge is -2.42. The maximum absolute atomic E-state index is 15.0. The van der Waals surface area contributed by atoms with Crippen molar-refractivity contribution in [3.63, 3.8) is 0 Å². The van der Waals surface area contributed by atoms with Gasteiger partial charge in [-0.1, -0.05) is 37.6 Å². The topological polar surface area (TPSA) is 52.7 Å². The summed E-state index contributed by atoms with van der Waals surface area (Å²) in [6.07, 6.45) is 2.37. The van der Waals surface area contributed by atoms with Gasteiger partial charge in [-0.05, 0) is 107 Å². The normalized spacial score (nSPS) is 23.8. The fourth-order valence-electron chi connectivity index (χ4n) is 7.89. The number of halogens is 3. The van der Waals surface area contributed by atoms with Gasteiger partial charge in [-0.2, -0.15) is 0 Å². The SMILES string of the molecule is Cc1cc2c(cc1Cl)C1(CCN(C(=O)[C@@H]3CN(C(C)(C)C)C[C@H]3c3ccc(F)cc3F)CC1)C[C@@H]2C(C)(C)C(=O)NC(C)C. The number of carbonyl (C=O) groups excluding carboxylic acids is 2. The van der Waals surface area contributed by atoms with Crippen LogP contribution in [0.15, 0.2) is 30.3 Å². The number of aryl methyl sites for hydroxylation is 1. The fourth-order valence-corrected chi connectivity index (χ4v) is 8.06. The third-order valence-corrected chi connectivity index (χ3v) is 11.1. The Hall–Kier alpha value is -2.51. The van der Waals surface area contributed by atoms with Crippen LogP contribution in [0.2, 0.25) is 5.02 Å². The number of piperidine rings is 1. The van der Waals surface area contributed by atoms with E-state index in [4.69, 9.17) is 11.6 Å². The number of hydrogen-bond donors (Lipinski definition) is 1. The lowest BCUT2D eigenvalue weighted by atomic mass is 9.69. The van der Waals surface area contributed by atoms with E-state index in [0.29, 0.717) is 31.7 Å². The molecule has 2 aromatic rings. The summed E-state index contributed by atoms with van der Waals surface area (Å²) in [6.45, 7) is 18.6. The van der Waals surface area contributed by atoms with Crippen LogP contribution in [0.4, 0.5) is 8.78 Å². The number of hydrogen-bond acceptors (Lipinski definition) is 3. The highest BCUT2D eigenvalue weighted by Crippen LogP contribution is 2.58. The minimum Gasteiger partial charge on any atom is -0.353 e. The zero-order valence-electron chi connectivity index (χ0n) is 27.5. The Morgan fingerprint density at radius 3 is 2.25 bits per heavy atom. The molecule has 8 heteroatoms. The van der Waals surface area contributed by atoms with Crippen molar-refractivity contribution in [2.45, 2.75) is 103 Å². The number of fused-ring (bicyclic) bond motifs is 2. The van der Waals surface area contributed by atoms with E-state index >= 15 is 4.39 Å². The predicted octanol–water partition coefficient (Wildman–Crippen LogP) is 7.34. The van der Waals surface area contributed by atoms with Gasteiger partial charge in [0.1, 0.15) is 11.6 Å². The van der Waals surface area contributed by atoms with Crippen LogP contribution < -0.4 is 5.32 Å². The molecule has 44 heavy (non-hydrogen) atoms. The first-order chi connectivity index (χ1) is 20.4. The third kappa shape index (κ3) is 5.91. The summed E-state index contributed by atoms with van der Waals surface area (Å²) in [5.74, 6) is -1.87. The molecular formula is C36H48ClF2N3O2. The van der Waals surface area contributed by atoms with Gasteiger partial charge in [0.2, 0.25) is 11.8 Å². The molecule has 1 aliphatic carbocycles. The first-order valence-corrected chi connectivity index (χ1v) is 16.4. The van der Waals surface area contributed by atoms with Crippen LogP contribution >= 0.6 is 11.6 Å². The molecule has 2 saturated heterocycles. The van der Waals surface area contributed by atoms with E-state index in [1.165, 1.54) is 23.3 Å². The van der Waals surface area contributed by atoms with Crippen LogP contribution in [0.3, 0.4) is 0 Å². The molecule has 5 rings (SSSR count). The quantitative estimate of drug-likeness (QED) is 0.377. The summed E-state index contributed by atoms with van der Waals surface area (Å²) in [7, 11) is 0. The van der Waals surface area contributed by atoms with Gasteiger partial charge in [0.15, 0.2) is 0 Å². The van der Waals surface area contributed by atoms with Crippen LogP contribution in [0.25, 0.3) is 0 Å². The van der Waals surface area contributed by atoms with E-state index in [2.05, 4.69) is 43.1 Å². The standard InChI is InChI=1S/C36H48ClF2N3O2/c1-21(2)40-33(44)35(7,8)29-18-36(28-17-30(37)22(3)15-25(28)29)11-13-41(14-12-36)32(43)27-20-42(34(4,5)6)19-26(27)24-10-9-23(38)16-31(24)39/h9-10,15-17,21,26-27,29H,11-14,18-20H2,1-8H3,(H,40,44)/t26-,27+,29-/m0/s1. The van der Waals surface area contributed by atoms with Gasteiger partial charge in [0.05, 0.1) is 11.3 Å². The molecule has 1 spiro atoms. The van der Waals surface area contributed by atoms with Gasteiger partial charge in [0, 0.05) is 54.8 Å². The van der Waals surface area contributed by atoms with Gasteiger partial charge < -0.3 is 10.2 Å². The lowest BCUT2D eigenvalue weighted by molar-refractivity contribution is -0.137. The molecule has 1 N–H and O–H groups in total. The van der Waals surface area contributed by atoms with E-state index in [1.54, 1.807) is 0 Å². The highest BCUT2D eigenvalue weighted by Gasteiger charge is 2.53. The Kier molecular flexibility index (Phi) is 8.73. The van der Waals surface area contributed by atoms with Crippen molar-refractivity contribution in [3.8, 4) is 0 Å². The largest absolute Gasteiger partial charge is 0.353 e. The van der Waals surface area contributed by atoms with Crippen molar-refractivity contribution in [1.82, 2.24) is 15.1 Å². The third-order valence-electron chi connectivity index (χ3n) is 10.7. The van der Waals surface area contributed by atoms with E-state index in [9.17, 15) is 14.0 Å². The molecule has 2 amide bonds. The van der Waals surface area contributed by atoms with Crippen molar-refractivity contribution in [2.24, 2.45) is 11.3 Å². The summed E-state index contributed by atoms with van der Waals surface area (Å²) in [5.41, 5.74) is 2.82. The van der Waals surface area contributed by atoms with Gasteiger partial charge in [0.25, 0.3) is 0 Å². The molecule has 0 bridgehead atoms. The van der Waals surface area contributed by atoms with Crippen molar-refractivity contribution in [1.29, 1.82) is 0 Å². The molecule has 0 aromatic heterocycles. The van der Waals surface area contributed by atoms with Crippen LogP contribution in [0.1, 0.15) is 102 Å². The predicted molar refractivity (Wildman–Crippen MR) is 172 cm³/mol. The monoisotopic (exact) mass is 627 g/mol.